The van der Waals surface area contributed by atoms with Gasteiger partial charge >= 0.3 is 0 Å². The van der Waals surface area contributed by atoms with E-state index in [4.69, 9.17) is 14.4 Å². The molecule has 0 saturated carbocycles. The fraction of sp³-hybridized carbons (Fsp3) is 0. The minimum atomic E-state index is 0.863. The van der Waals surface area contributed by atoms with Crippen LogP contribution in [-0.4, -0.2) is 19.1 Å². The van der Waals surface area contributed by atoms with Crippen LogP contribution in [-0.2, 0) is 0 Å². The summed E-state index contributed by atoms with van der Waals surface area (Å²) < 4.78 is 11.2. The van der Waals surface area contributed by atoms with Gasteiger partial charge in [0.05, 0.1) is 38.8 Å². The van der Waals surface area contributed by atoms with Crippen molar-refractivity contribution in [2.24, 2.45) is 0 Å². The van der Waals surface area contributed by atoms with E-state index in [1.165, 1.54) is 0 Å². The Kier molecular flexibility index (Phi) is 4.93. The normalized spacial score (nSPS) is 12.0. The van der Waals surface area contributed by atoms with Crippen LogP contribution in [0.3, 0.4) is 0 Å². The number of rotatable bonds is 3. The van der Waals surface area contributed by atoms with Crippen LogP contribution in [0.25, 0.3) is 88.3 Å². The van der Waals surface area contributed by atoms with Gasteiger partial charge in [-0.3, -0.25) is 9.97 Å². The molecule has 0 unspecified atom stereocenters. The Morgan fingerprint density at radius 1 is 0.444 bits per heavy atom. The van der Waals surface area contributed by atoms with E-state index in [2.05, 4.69) is 124 Å². The summed E-state index contributed by atoms with van der Waals surface area (Å²) in [5.41, 5.74) is 12.5. The first-order valence-corrected chi connectivity index (χ1v) is 15.1. The van der Waals surface area contributed by atoms with E-state index >= 15 is 0 Å². The second kappa shape index (κ2) is 9.15. The molecule has 10 aromatic rings. The molecule has 5 nitrogen and oxygen atoms in total. The zero-order valence-corrected chi connectivity index (χ0v) is 24.1. The SMILES string of the molecule is c1ccc(-n2c3ccc(-c4ccc5oc6c(-n7c8ccccc8c8ncccc87)cccc6c5c4)cc3c3ncccc32)cc1. The van der Waals surface area contributed by atoms with E-state index in [1.54, 1.807) is 0 Å². The third-order valence-electron chi connectivity index (χ3n) is 9.01. The van der Waals surface area contributed by atoms with Gasteiger partial charge in [-0.15, -0.1) is 0 Å². The quantitative estimate of drug-likeness (QED) is 0.210. The summed E-state index contributed by atoms with van der Waals surface area (Å²) in [5, 5.41) is 4.43. The molecule has 0 atom stereocenters. The maximum absolute atomic E-state index is 6.62. The number of fused-ring (bicyclic) bond motifs is 9. The van der Waals surface area contributed by atoms with Crippen LogP contribution in [0.4, 0.5) is 0 Å². The molecule has 0 amide bonds. The van der Waals surface area contributed by atoms with E-state index < -0.39 is 0 Å². The summed E-state index contributed by atoms with van der Waals surface area (Å²) in [6.07, 6.45) is 3.73. The second-order valence-electron chi connectivity index (χ2n) is 11.5. The summed E-state index contributed by atoms with van der Waals surface area (Å²) in [5.74, 6) is 0. The van der Waals surface area contributed by atoms with E-state index in [0.717, 1.165) is 88.3 Å². The number of pyridine rings is 2. The molecule has 0 aliphatic carbocycles. The highest BCUT2D eigenvalue weighted by atomic mass is 16.3. The van der Waals surface area contributed by atoms with Gasteiger partial charge in [-0.1, -0.05) is 60.7 Å². The lowest BCUT2D eigenvalue weighted by Gasteiger charge is -2.08. The second-order valence-corrected chi connectivity index (χ2v) is 11.5. The molecule has 0 aliphatic rings. The van der Waals surface area contributed by atoms with Gasteiger partial charge in [0.15, 0.2) is 5.58 Å². The van der Waals surface area contributed by atoms with Crippen LogP contribution in [0.1, 0.15) is 0 Å². The van der Waals surface area contributed by atoms with Crippen molar-refractivity contribution >= 4 is 65.8 Å². The minimum absolute atomic E-state index is 0.863. The van der Waals surface area contributed by atoms with E-state index in [0.29, 0.717) is 0 Å². The number of hydrogen-bond donors (Lipinski definition) is 0. The van der Waals surface area contributed by atoms with Gasteiger partial charge in [-0.25, -0.2) is 0 Å². The molecule has 5 aromatic heterocycles. The van der Waals surface area contributed by atoms with Crippen molar-refractivity contribution in [1.29, 1.82) is 0 Å². The molecular formula is C40H24N4O. The van der Waals surface area contributed by atoms with Crippen LogP contribution >= 0.6 is 0 Å². The summed E-state index contributed by atoms with van der Waals surface area (Å²) in [7, 11) is 0. The van der Waals surface area contributed by atoms with Crippen molar-refractivity contribution in [1.82, 2.24) is 19.1 Å². The number of aromatic nitrogens is 4. The van der Waals surface area contributed by atoms with Crippen LogP contribution in [0.2, 0.25) is 0 Å². The molecule has 0 aliphatic heterocycles. The van der Waals surface area contributed by atoms with Crippen molar-refractivity contribution in [3.05, 3.63) is 146 Å². The summed E-state index contributed by atoms with van der Waals surface area (Å²) in [4.78, 5) is 9.53. The van der Waals surface area contributed by atoms with Crippen LogP contribution in [0.5, 0.6) is 0 Å². The standard InChI is InChI=1S/C40H24N4O/c1-2-9-27(10-3-1)43-33-19-17-25(24-31(33)39-34(43)15-7-22-42-39)26-18-20-37-30(23-26)28-12-6-14-36(40(28)45-37)44-32-13-5-4-11-29(32)38-35(44)16-8-21-41-38/h1-24H. The predicted molar refractivity (Wildman–Crippen MR) is 183 cm³/mol. The molecule has 10 rings (SSSR count). The van der Waals surface area contributed by atoms with Gasteiger partial charge < -0.3 is 13.6 Å². The van der Waals surface area contributed by atoms with Crippen molar-refractivity contribution in [3.8, 4) is 22.5 Å². The lowest BCUT2D eigenvalue weighted by molar-refractivity contribution is 0.666. The fourth-order valence-corrected chi connectivity index (χ4v) is 7.05. The van der Waals surface area contributed by atoms with E-state index in [9.17, 15) is 0 Å². The molecule has 5 heteroatoms. The largest absolute Gasteiger partial charge is 0.454 e. The van der Waals surface area contributed by atoms with Crippen molar-refractivity contribution in [3.63, 3.8) is 0 Å². The third kappa shape index (κ3) is 3.43. The molecule has 210 valence electrons. The van der Waals surface area contributed by atoms with Crippen LogP contribution in [0, 0.1) is 0 Å². The number of nitrogens with zero attached hydrogens (tertiary/aromatic N) is 4. The summed E-state index contributed by atoms with van der Waals surface area (Å²) in [6.45, 7) is 0. The molecule has 0 radical (unpaired) electrons. The maximum Gasteiger partial charge on any atom is 0.159 e. The average molecular weight is 577 g/mol. The van der Waals surface area contributed by atoms with Gasteiger partial charge in [0.2, 0.25) is 0 Å². The first-order valence-electron chi connectivity index (χ1n) is 15.1. The number of furan rings is 1. The van der Waals surface area contributed by atoms with Gasteiger partial charge in [0.1, 0.15) is 5.58 Å². The Balaban J connectivity index is 1.18. The van der Waals surface area contributed by atoms with Crippen molar-refractivity contribution in [2.45, 2.75) is 0 Å². The number of benzene rings is 5. The summed E-state index contributed by atoms with van der Waals surface area (Å²) >= 11 is 0. The predicted octanol–water partition coefficient (Wildman–Crippen LogP) is 10.2. The zero-order chi connectivity index (χ0) is 29.5. The Morgan fingerprint density at radius 2 is 1.09 bits per heavy atom. The molecule has 0 N–H and O–H groups in total. The molecular weight excluding hydrogens is 552 g/mol. The average Bonchev–Trinajstić information content (AvgIpc) is 3.76. The molecule has 0 saturated heterocycles. The Hall–Kier alpha value is -6.20. The van der Waals surface area contributed by atoms with Crippen LogP contribution in [0.15, 0.2) is 150 Å². The Bertz CT molecular complexity index is 2710. The molecule has 5 heterocycles. The minimum Gasteiger partial charge on any atom is -0.454 e. The first-order chi connectivity index (χ1) is 22.3. The highest BCUT2D eigenvalue weighted by Crippen LogP contribution is 2.39. The lowest BCUT2D eigenvalue weighted by atomic mass is 10.0. The highest BCUT2D eigenvalue weighted by Gasteiger charge is 2.19. The van der Waals surface area contributed by atoms with E-state index in [-0.39, 0.29) is 0 Å². The molecule has 5 aromatic carbocycles. The molecule has 0 bridgehead atoms. The lowest BCUT2D eigenvalue weighted by Crippen LogP contribution is -1.94. The van der Waals surface area contributed by atoms with Gasteiger partial charge in [0.25, 0.3) is 0 Å². The molecule has 0 fully saturated rings. The number of hydrogen-bond acceptors (Lipinski definition) is 3. The first kappa shape index (κ1) is 24.3. The van der Waals surface area contributed by atoms with Crippen molar-refractivity contribution in [2.75, 3.05) is 0 Å². The highest BCUT2D eigenvalue weighted by molar-refractivity contribution is 6.13. The smallest absolute Gasteiger partial charge is 0.159 e. The van der Waals surface area contributed by atoms with Gasteiger partial charge in [-0.2, -0.15) is 0 Å². The third-order valence-corrected chi connectivity index (χ3v) is 9.01. The molecule has 45 heavy (non-hydrogen) atoms. The Labute approximate surface area is 257 Å². The number of para-hydroxylation sites is 3. The fourth-order valence-electron chi connectivity index (χ4n) is 7.05. The topological polar surface area (TPSA) is 48.8 Å². The van der Waals surface area contributed by atoms with Gasteiger partial charge in [-0.05, 0) is 83.9 Å². The maximum atomic E-state index is 6.62. The van der Waals surface area contributed by atoms with Gasteiger partial charge in [0, 0.05) is 39.6 Å². The monoisotopic (exact) mass is 576 g/mol. The summed E-state index contributed by atoms with van der Waals surface area (Å²) in [6, 6.07) is 46.8. The Morgan fingerprint density at radius 3 is 1.93 bits per heavy atom. The van der Waals surface area contributed by atoms with Crippen LogP contribution < -0.4 is 0 Å². The van der Waals surface area contributed by atoms with Crippen molar-refractivity contribution < 1.29 is 4.42 Å². The van der Waals surface area contributed by atoms with E-state index in [1.807, 2.05) is 30.6 Å². The molecule has 0 spiro atoms. The zero-order valence-electron chi connectivity index (χ0n) is 24.1.